The molecule has 0 saturated carbocycles. The van der Waals surface area contributed by atoms with Gasteiger partial charge in [0.05, 0.1) is 22.4 Å². The van der Waals surface area contributed by atoms with Gasteiger partial charge in [-0.1, -0.05) is 6.92 Å². The molecule has 1 aromatic carbocycles. The molecule has 2 heterocycles. The highest BCUT2D eigenvalue weighted by atomic mass is 32.2. The predicted molar refractivity (Wildman–Crippen MR) is 114 cm³/mol. The first kappa shape index (κ1) is 22.8. The molecule has 0 N–H and O–H groups in total. The molecule has 1 aliphatic rings. The molecule has 1 atom stereocenters. The number of benzene rings is 1. The van der Waals surface area contributed by atoms with Crippen molar-refractivity contribution in [3.05, 3.63) is 35.7 Å². The number of nitrogens with zero attached hydrogens (tertiary/aromatic N) is 3. The highest BCUT2D eigenvalue weighted by molar-refractivity contribution is 7.90. The first-order valence-electron chi connectivity index (χ1n) is 10.0. The van der Waals surface area contributed by atoms with Crippen molar-refractivity contribution < 1.29 is 21.6 Å². The Bertz CT molecular complexity index is 1120. The molecule has 0 radical (unpaired) electrons. The minimum Gasteiger partial charge on any atom is -0.491 e. The summed E-state index contributed by atoms with van der Waals surface area (Å²) in [6, 6.07) is 6.02. The van der Waals surface area contributed by atoms with Crippen LogP contribution in [0, 0.1) is 19.8 Å². The van der Waals surface area contributed by atoms with Gasteiger partial charge in [-0.05, 0) is 70.7 Å². The third-order valence-corrected chi connectivity index (χ3v) is 8.92. The predicted octanol–water partition coefficient (Wildman–Crippen LogP) is 2.94. The van der Waals surface area contributed by atoms with Gasteiger partial charge in [0.25, 0.3) is 10.0 Å². The van der Waals surface area contributed by atoms with Crippen LogP contribution >= 0.6 is 0 Å². The maximum Gasteiger partial charge on any atom is 0.283 e. The lowest BCUT2D eigenvalue weighted by Crippen LogP contribution is -2.39. The Labute approximate surface area is 178 Å². The van der Waals surface area contributed by atoms with Crippen LogP contribution in [0.1, 0.15) is 45.0 Å². The molecule has 0 bridgehead atoms. The second-order valence-electron chi connectivity index (χ2n) is 8.10. The number of sulfonamides is 1. The molecular weight excluding hydrogens is 426 g/mol. The fourth-order valence-electron chi connectivity index (χ4n) is 3.77. The van der Waals surface area contributed by atoms with Gasteiger partial charge in [-0.2, -0.15) is 21.9 Å². The third kappa shape index (κ3) is 4.26. The number of rotatable bonds is 6. The van der Waals surface area contributed by atoms with E-state index in [4.69, 9.17) is 4.74 Å². The fraction of sp³-hybridized carbons (Fsp3) is 0.550. The first-order chi connectivity index (χ1) is 13.9. The summed E-state index contributed by atoms with van der Waals surface area (Å²) < 4.78 is 60.7. The highest BCUT2D eigenvalue weighted by Crippen LogP contribution is 2.29. The van der Waals surface area contributed by atoms with Gasteiger partial charge in [0.15, 0.2) is 0 Å². The Morgan fingerprint density at radius 2 is 1.70 bits per heavy atom. The standard InChI is InChI=1S/C20H29N3O5S2/c1-14(2)28-18-8-10-19(11-9-18)29(24,25)23-17(5)20(16(4)21-23)30(26,27)22-12-6-7-15(3)13-22/h8-11,14-15H,6-7,12-13H2,1-5H3/t15-/m1/s1. The third-order valence-electron chi connectivity index (χ3n) is 5.12. The summed E-state index contributed by atoms with van der Waals surface area (Å²) in [5, 5.41) is 4.10. The van der Waals surface area contributed by atoms with Gasteiger partial charge in [-0.25, -0.2) is 8.42 Å². The zero-order chi connectivity index (χ0) is 22.3. The number of aromatic nitrogens is 2. The zero-order valence-corrected chi connectivity index (χ0v) is 19.6. The van der Waals surface area contributed by atoms with Crippen LogP contribution in [0.4, 0.5) is 0 Å². The van der Waals surface area contributed by atoms with Gasteiger partial charge in [0, 0.05) is 13.1 Å². The Morgan fingerprint density at radius 1 is 1.07 bits per heavy atom. The van der Waals surface area contributed by atoms with Gasteiger partial charge in [0.2, 0.25) is 10.0 Å². The summed E-state index contributed by atoms with van der Waals surface area (Å²) in [4.78, 5) is -0.0142. The lowest BCUT2D eigenvalue weighted by atomic mass is 10.0. The second-order valence-corrected chi connectivity index (χ2v) is 11.7. The van der Waals surface area contributed by atoms with Crippen LogP contribution in [0.5, 0.6) is 5.75 Å². The Morgan fingerprint density at radius 3 is 2.27 bits per heavy atom. The van der Waals surface area contributed by atoms with E-state index in [0.29, 0.717) is 18.8 Å². The minimum atomic E-state index is -4.05. The van der Waals surface area contributed by atoms with E-state index in [1.54, 1.807) is 12.1 Å². The van der Waals surface area contributed by atoms with Crippen molar-refractivity contribution in [2.24, 2.45) is 5.92 Å². The van der Waals surface area contributed by atoms with Crippen molar-refractivity contribution in [1.82, 2.24) is 13.5 Å². The molecule has 30 heavy (non-hydrogen) atoms. The van der Waals surface area contributed by atoms with E-state index >= 15 is 0 Å². The van der Waals surface area contributed by atoms with Crippen molar-refractivity contribution >= 4 is 20.0 Å². The van der Waals surface area contributed by atoms with E-state index in [9.17, 15) is 16.8 Å². The highest BCUT2D eigenvalue weighted by Gasteiger charge is 2.35. The first-order valence-corrected chi connectivity index (χ1v) is 12.9. The molecule has 0 aliphatic carbocycles. The molecule has 1 saturated heterocycles. The average molecular weight is 456 g/mol. The SMILES string of the molecule is Cc1nn(S(=O)(=O)c2ccc(OC(C)C)cc2)c(C)c1S(=O)(=O)N1CCC[C@@H](C)C1. The normalized spacial score (nSPS) is 18.7. The molecule has 0 unspecified atom stereocenters. The van der Waals surface area contributed by atoms with Crippen LogP contribution in [0.2, 0.25) is 0 Å². The summed E-state index contributed by atoms with van der Waals surface area (Å²) in [6.45, 7) is 9.64. The van der Waals surface area contributed by atoms with Crippen LogP contribution in [-0.4, -0.2) is 49.5 Å². The van der Waals surface area contributed by atoms with Gasteiger partial charge in [0.1, 0.15) is 10.6 Å². The van der Waals surface area contributed by atoms with Crippen molar-refractivity contribution in [3.63, 3.8) is 0 Å². The average Bonchev–Trinajstić information content (AvgIpc) is 2.97. The van der Waals surface area contributed by atoms with Gasteiger partial charge in [-0.3, -0.25) is 0 Å². The van der Waals surface area contributed by atoms with Crippen molar-refractivity contribution in [3.8, 4) is 5.75 Å². The fourth-order valence-corrected chi connectivity index (χ4v) is 7.14. The molecule has 1 aliphatic heterocycles. The van der Waals surface area contributed by atoms with E-state index in [1.807, 2.05) is 20.8 Å². The molecule has 166 valence electrons. The van der Waals surface area contributed by atoms with Gasteiger partial charge in [-0.15, -0.1) is 0 Å². The molecule has 2 aromatic rings. The van der Waals surface area contributed by atoms with Gasteiger partial charge < -0.3 is 4.74 Å². The van der Waals surface area contributed by atoms with Crippen LogP contribution in [0.3, 0.4) is 0 Å². The monoisotopic (exact) mass is 455 g/mol. The lowest BCUT2D eigenvalue weighted by Gasteiger charge is -2.30. The van der Waals surface area contributed by atoms with Crippen molar-refractivity contribution in [2.45, 2.75) is 63.4 Å². The van der Waals surface area contributed by atoms with Crippen LogP contribution in [-0.2, 0) is 20.0 Å². The summed E-state index contributed by atoms with van der Waals surface area (Å²) in [5.74, 6) is 0.819. The molecular formula is C20H29N3O5S2. The molecule has 0 amide bonds. The van der Waals surface area contributed by atoms with Crippen LogP contribution in [0.15, 0.2) is 34.1 Å². The van der Waals surface area contributed by atoms with E-state index in [-0.39, 0.29) is 33.2 Å². The lowest BCUT2D eigenvalue weighted by molar-refractivity contribution is 0.242. The Hall–Kier alpha value is -1.91. The number of piperidine rings is 1. The maximum atomic E-state index is 13.3. The van der Waals surface area contributed by atoms with E-state index in [2.05, 4.69) is 5.10 Å². The Balaban J connectivity index is 2.00. The second kappa shape index (κ2) is 8.32. The molecule has 1 fully saturated rings. The molecule has 1 aromatic heterocycles. The van der Waals surface area contributed by atoms with Gasteiger partial charge >= 0.3 is 0 Å². The molecule has 8 nitrogen and oxygen atoms in total. The largest absolute Gasteiger partial charge is 0.491 e. The quantitative estimate of drug-likeness (QED) is 0.664. The summed E-state index contributed by atoms with van der Waals surface area (Å²) >= 11 is 0. The summed E-state index contributed by atoms with van der Waals surface area (Å²) in [5.41, 5.74) is 0.266. The minimum absolute atomic E-state index is 0.0137. The van der Waals surface area contributed by atoms with Crippen molar-refractivity contribution in [1.29, 1.82) is 0 Å². The van der Waals surface area contributed by atoms with Crippen LogP contribution < -0.4 is 4.74 Å². The summed E-state index contributed by atoms with van der Waals surface area (Å²) in [6.07, 6.45) is 1.73. The van der Waals surface area contributed by atoms with Crippen molar-refractivity contribution in [2.75, 3.05) is 13.1 Å². The molecule has 3 rings (SSSR count). The Kier molecular flexibility index (Phi) is 6.31. The topological polar surface area (TPSA) is 98.6 Å². The van der Waals surface area contributed by atoms with Crippen LogP contribution in [0.25, 0.3) is 0 Å². The smallest absolute Gasteiger partial charge is 0.283 e. The molecule has 0 spiro atoms. The number of hydrogen-bond acceptors (Lipinski definition) is 6. The molecule has 10 heteroatoms. The number of aryl methyl sites for hydroxylation is 1. The number of hydrogen-bond donors (Lipinski definition) is 0. The maximum absolute atomic E-state index is 13.3. The van der Waals surface area contributed by atoms with E-state index in [0.717, 1.165) is 16.9 Å². The van der Waals surface area contributed by atoms with E-state index < -0.39 is 20.0 Å². The number of ether oxygens (including phenoxy) is 1. The summed E-state index contributed by atoms with van der Waals surface area (Å²) in [7, 11) is -7.88. The zero-order valence-electron chi connectivity index (χ0n) is 18.0. The van der Waals surface area contributed by atoms with E-state index in [1.165, 1.54) is 30.3 Å².